The molecule has 0 bridgehead atoms. The van der Waals surface area contributed by atoms with Crippen LogP contribution in [-0.2, 0) is 0 Å². The van der Waals surface area contributed by atoms with Crippen LogP contribution in [0, 0.1) is 6.92 Å². The summed E-state index contributed by atoms with van der Waals surface area (Å²) in [7, 11) is 0. The van der Waals surface area contributed by atoms with Gasteiger partial charge in [-0.3, -0.25) is 4.79 Å². The standard InChI is InChI=1S/C21H24N4OS/c1-3-23-10-12-24(13-11-23)21(26)19-15-18(20-5-4-14-27-20)22-25(19)17-8-6-16(2)7-9-17/h4-9,14-15H,3,10-13H2,1-2H3/p+1. The summed E-state index contributed by atoms with van der Waals surface area (Å²) in [5.41, 5.74) is 3.61. The highest BCUT2D eigenvalue weighted by molar-refractivity contribution is 7.13. The SMILES string of the molecule is CC[NH+]1CCN(C(=O)c2cc(-c3cccs3)nn2-c2ccc(C)cc2)CC1. The zero-order valence-electron chi connectivity index (χ0n) is 15.8. The van der Waals surface area contributed by atoms with Crippen molar-refractivity contribution in [1.82, 2.24) is 14.7 Å². The van der Waals surface area contributed by atoms with Crippen molar-refractivity contribution >= 4 is 17.2 Å². The highest BCUT2D eigenvalue weighted by Gasteiger charge is 2.27. The average Bonchev–Trinajstić information content (AvgIpc) is 3.38. The smallest absolute Gasteiger partial charge is 0.273 e. The largest absolute Gasteiger partial charge is 0.332 e. The van der Waals surface area contributed by atoms with Crippen molar-refractivity contribution in [3.05, 3.63) is 59.1 Å². The molecule has 0 unspecified atom stereocenters. The zero-order chi connectivity index (χ0) is 18.8. The van der Waals surface area contributed by atoms with E-state index in [1.54, 1.807) is 20.9 Å². The molecule has 0 saturated carbocycles. The summed E-state index contributed by atoms with van der Waals surface area (Å²) in [4.78, 5) is 17.9. The summed E-state index contributed by atoms with van der Waals surface area (Å²) in [6.45, 7) is 9.01. The van der Waals surface area contributed by atoms with Crippen LogP contribution in [0.2, 0.25) is 0 Å². The van der Waals surface area contributed by atoms with Crippen molar-refractivity contribution in [2.45, 2.75) is 13.8 Å². The first kappa shape index (κ1) is 17.9. The van der Waals surface area contributed by atoms with Gasteiger partial charge in [-0.2, -0.15) is 5.10 Å². The second kappa shape index (κ2) is 7.66. The fourth-order valence-electron chi connectivity index (χ4n) is 3.50. The Balaban J connectivity index is 1.70. The molecule has 140 valence electrons. The molecule has 1 saturated heterocycles. The van der Waals surface area contributed by atoms with E-state index in [4.69, 9.17) is 5.10 Å². The van der Waals surface area contributed by atoms with E-state index in [-0.39, 0.29) is 5.91 Å². The van der Waals surface area contributed by atoms with Crippen molar-refractivity contribution in [2.24, 2.45) is 0 Å². The van der Waals surface area contributed by atoms with E-state index < -0.39 is 0 Å². The van der Waals surface area contributed by atoms with Crippen LogP contribution in [-0.4, -0.2) is 53.3 Å². The van der Waals surface area contributed by atoms with Crippen molar-refractivity contribution in [2.75, 3.05) is 32.7 Å². The van der Waals surface area contributed by atoms with E-state index >= 15 is 0 Å². The van der Waals surface area contributed by atoms with Crippen LogP contribution in [0.25, 0.3) is 16.3 Å². The Morgan fingerprint density at radius 1 is 1.19 bits per heavy atom. The Kier molecular flexibility index (Phi) is 5.09. The van der Waals surface area contributed by atoms with Gasteiger partial charge in [0.1, 0.15) is 11.4 Å². The Morgan fingerprint density at radius 3 is 2.56 bits per heavy atom. The van der Waals surface area contributed by atoms with Gasteiger partial charge in [-0.1, -0.05) is 23.8 Å². The number of rotatable bonds is 4. The number of carbonyl (C=O) groups is 1. The number of nitrogens with zero attached hydrogens (tertiary/aromatic N) is 3. The maximum atomic E-state index is 13.3. The lowest BCUT2D eigenvalue weighted by Gasteiger charge is -2.31. The monoisotopic (exact) mass is 381 g/mol. The number of amides is 1. The molecule has 5 nitrogen and oxygen atoms in total. The highest BCUT2D eigenvalue weighted by Crippen LogP contribution is 2.26. The summed E-state index contributed by atoms with van der Waals surface area (Å²) in [6, 6.07) is 14.2. The van der Waals surface area contributed by atoms with Gasteiger partial charge in [0, 0.05) is 0 Å². The van der Waals surface area contributed by atoms with Gasteiger partial charge in [0.2, 0.25) is 0 Å². The van der Waals surface area contributed by atoms with Crippen LogP contribution >= 0.6 is 11.3 Å². The molecule has 0 radical (unpaired) electrons. The number of quaternary nitrogens is 1. The maximum Gasteiger partial charge on any atom is 0.273 e. The number of carbonyl (C=O) groups excluding carboxylic acids is 1. The summed E-state index contributed by atoms with van der Waals surface area (Å²) < 4.78 is 1.80. The van der Waals surface area contributed by atoms with Crippen LogP contribution in [0.1, 0.15) is 23.0 Å². The first-order valence-corrected chi connectivity index (χ1v) is 10.4. The predicted octanol–water partition coefficient (Wildman–Crippen LogP) is 2.27. The lowest BCUT2D eigenvalue weighted by Crippen LogP contribution is -3.14. The molecule has 3 aromatic rings. The van der Waals surface area contributed by atoms with E-state index in [0.717, 1.165) is 49.0 Å². The molecule has 0 spiro atoms. The summed E-state index contributed by atoms with van der Waals surface area (Å²) in [5, 5.41) is 6.81. The lowest BCUT2D eigenvalue weighted by molar-refractivity contribution is -0.902. The molecule has 1 fully saturated rings. The molecule has 0 aliphatic carbocycles. The second-order valence-electron chi connectivity index (χ2n) is 7.04. The van der Waals surface area contributed by atoms with Crippen molar-refractivity contribution < 1.29 is 9.69 Å². The van der Waals surface area contributed by atoms with E-state index in [9.17, 15) is 4.79 Å². The maximum absolute atomic E-state index is 13.3. The fraction of sp³-hybridized carbons (Fsp3) is 0.333. The Labute approximate surface area is 163 Å². The first-order valence-electron chi connectivity index (χ1n) is 9.49. The van der Waals surface area contributed by atoms with Gasteiger partial charge in [-0.15, -0.1) is 11.3 Å². The Bertz CT molecular complexity index is 906. The molecule has 3 heterocycles. The molecule has 2 aromatic heterocycles. The van der Waals surface area contributed by atoms with Gasteiger partial charge in [0.05, 0.1) is 43.3 Å². The van der Waals surface area contributed by atoms with Crippen LogP contribution in [0.15, 0.2) is 47.8 Å². The molecule has 1 amide bonds. The van der Waals surface area contributed by atoms with Crippen LogP contribution in [0.4, 0.5) is 0 Å². The van der Waals surface area contributed by atoms with Crippen LogP contribution in [0.5, 0.6) is 0 Å². The molecular formula is C21H25N4OS+. The molecular weight excluding hydrogens is 356 g/mol. The number of aryl methyl sites for hydroxylation is 1. The average molecular weight is 382 g/mol. The Morgan fingerprint density at radius 2 is 1.93 bits per heavy atom. The molecule has 1 aromatic carbocycles. The van der Waals surface area contributed by atoms with Gasteiger partial charge >= 0.3 is 0 Å². The number of likely N-dealkylation sites (N-methyl/N-ethyl adjacent to an activating group) is 1. The number of aromatic nitrogens is 2. The van der Waals surface area contributed by atoms with Crippen molar-refractivity contribution in [3.8, 4) is 16.3 Å². The third kappa shape index (κ3) is 3.68. The van der Waals surface area contributed by atoms with Gasteiger partial charge in [0.25, 0.3) is 5.91 Å². The minimum atomic E-state index is 0.0704. The number of nitrogens with one attached hydrogen (secondary N) is 1. The first-order chi connectivity index (χ1) is 13.2. The Hall–Kier alpha value is -2.44. The summed E-state index contributed by atoms with van der Waals surface area (Å²) in [6.07, 6.45) is 0. The van der Waals surface area contributed by atoms with Crippen molar-refractivity contribution in [3.63, 3.8) is 0 Å². The minimum Gasteiger partial charge on any atom is -0.332 e. The van der Waals surface area contributed by atoms with E-state index in [2.05, 4.69) is 26.0 Å². The summed E-state index contributed by atoms with van der Waals surface area (Å²) >= 11 is 1.64. The number of benzene rings is 1. The normalized spacial score (nSPS) is 15.3. The lowest BCUT2D eigenvalue weighted by atomic mass is 10.2. The fourth-order valence-corrected chi connectivity index (χ4v) is 4.18. The molecule has 1 N–H and O–H groups in total. The minimum absolute atomic E-state index is 0.0704. The van der Waals surface area contributed by atoms with E-state index in [1.165, 1.54) is 5.56 Å². The molecule has 6 heteroatoms. The molecule has 0 atom stereocenters. The highest BCUT2D eigenvalue weighted by atomic mass is 32.1. The molecule has 4 rings (SSSR count). The van der Waals surface area contributed by atoms with Gasteiger partial charge < -0.3 is 9.80 Å². The topological polar surface area (TPSA) is 42.6 Å². The number of hydrogen-bond donors (Lipinski definition) is 1. The predicted molar refractivity (Wildman–Crippen MR) is 109 cm³/mol. The van der Waals surface area contributed by atoms with E-state index in [1.807, 2.05) is 40.6 Å². The molecule has 1 aliphatic rings. The third-order valence-corrected chi connectivity index (χ3v) is 6.13. The van der Waals surface area contributed by atoms with Crippen LogP contribution in [0.3, 0.4) is 0 Å². The molecule has 1 aliphatic heterocycles. The second-order valence-corrected chi connectivity index (χ2v) is 7.98. The van der Waals surface area contributed by atoms with Crippen molar-refractivity contribution in [1.29, 1.82) is 0 Å². The quantitative estimate of drug-likeness (QED) is 0.753. The van der Waals surface area contributed by atoms with Gasteiger partial charge in [-0.05, 0) is 43.5 Å². The molecule has 27 heavy (non-hydrogen) atoms. The van der Waals surface area contributed by atoms with Gasteiger partial charge in [0.15, 0.2) is 0 Å². The number of thiophene rings is 1. The van der Waals surface area contributed by atoms with E-state index in [0.29, 0.717) is 5.69 Å². The van der Waals surface area contributed by atoms with Gasteiger partial charge in [-0.25, -0.2) is 4.68 Å². The number of hydrogen-bond acceptors (Lipinski definition) is 3. The number of piperazine rings is 1. The zero-order valence-corrected chi connectivity index (χ0v) is 16.6. The summed E-state index contributed by atoms with van der Waals surface area (Å²) in [5.74, 6) is 0.0704. The third-order valence-electron chi connectivity index (χ3n) is 5.24. The van der Waals surface area contributed by atoms with Crippen LogP contribution < -0.4 is 4.90 Å².